The molecule has 0 bridgehead atoms. The molecule has 1 unspecified atom stereocenters. The summed E-state index contributed by atoms with van der Waals surface area (Å²) < 4.78 is 15.4. The second kappa shape index (κ2) is 11.0. The number of esters is 1. The first-order chi connectivity index (χ1) is 12.5. The van der Waals surface area contributed by atoms with Crippen molar-refractivity contribution < 1.29 is 23.8 Å². The van der Waals surface area contributed by atoms with Crippen LogP contribution < -0.4 is 20.1 Å². The van der Waals surface area contributed by atoms with Crippen molar-refractivity contribution in [3.05, 3.63) is 23.8 Å². The summed E-state index contributed by atoms with van der Waals surface area (Å²) in [5.41, 5.74) is 0.767. The van der Waals surface area contributed by atoms with E-state index in [-0.39, 0.29) is 36.6 Å². The average molecular weight is 401 g/mol. The highest BCUT2D eigenvalue weighted by atomic mass is 35.5. The van der Waals surface area contributed by atoms with Crippen LogP contribution in [0.5, 0.6) is 11.5 Å². The van der Waals surface area contributed by atoms with Crippen molar-refractivity contribution in [2.45, 2.75) is 38.3 Å². The predicted octanol–water partition coefficient (Wildman–Crippen LogP) is 2.23. The van der Waals surface area contributed by atoms with Gasteiger partial charge in [0.05, 0.1) is 33.8 Å². The largest absolute Gasteiger partial charge is 0.493 e. The van der Waals surface area contributed by atoms with Gasteiger partial charge in [-0.25, -0.2) is 0 Å². The second-order valence-electron chi connectivity index (χ2n) is 6.53. The Morgan fingerprint density at radius 1 is 1.22 bits per heavy atom. The van der Waals surface area contributed by atoms with Gasteiger partial charge in [-0.2, -0.15) is 0 Å². The van der Waals surface area contributed by atoms with Gasteiger partial charge in [-0.15, -0.1) is 12.4 Å². The summed E-state index contributed by atoms with van der Waals surface area (Å²) in [4.78, 5) is 24.6. The van der Waals surface area contributed by atoms with Crippen molar-refractivity contribution in [1.29, 1.82) is 0 Å². The Balaban J connectivity index is 0.00000364. The highest BCUT2D eigenvalue weighted by Crippen LogP contribution is 2.31. The van der Waals surface area contributed by atoms with E-state index < -0.39 is 6.04 Å². The van der Waals surface area contributed by atoms with Crippen LogP contribution in [0.3, 0.4) is 0 Å². The van der Waals surface area contributed by atoms with Crippen molar-refractivity contribution in [3.63, 3.8) is 0 Å². The van der Waals surface area contributed by atoms with Gasteiger partial charge in [0, 0.05) is 12.0 Å². The zero-order valence-electron chi connectivity index (χ0n) is 16.2. The van der Waals surface area contributed by atoms with Crippen molar-refractivity contribution in [2.75, 3.05) is 27.9 Å². The molecule has 27 heavy (non-hydrogen) atoms. The lowest BCUT2D eigenvalue weighted by atomic mass is 9.91. The summed E-state index contributed by atoms with van der Waals surface area (Å²) in [5.74, 6) is 0.647. The van der Waals surface area contributed by atoms with Gasteiger partial charge in [0.25, 0.3) is 0 Å². The molecular formula is C19H29ClN2O5. The van der Waals surface area contributed by atoms with Gasteiger partial charge >= 0.3 is 5.97 Å². The maximum absolute atomic E-state index is 12.7. The van der Waals surface area contributed by atoms with Gasteiger partial charge < -0.3 is 24.8 Å². The molecule has 0 aliphatic carbocycles. The minimum Gasteiger partial charge on any atom is -0.493 e. The Kier molecular flexibility index (Phi) is 9.38. The van der Waals surface area contributed by atoms with Gasteiger partial charge in [0.2, 0.25) is 5.91 Å². The van der Waals surface area contributed by atoms with Gasteiger partial charge in [0.1, 0.15) is 0 Å². The van der Waals surface area contributed by atoms with Gasteiger partial charge in [0.15, 0.2) is 11.5 Å². The van der Waals surface area contributed by atoms with Crippen LogP contribution in [0.15, 0.2) is 18.2 Å². The van der Waals surface area contributed by atoms with E-state index in [1.807, 2.05) is 6.07 Å². The van der Waals surface area contributed by atoms with Crippen LogP contribution in [0.2, 0.25) is 0 Å². The molecule has 1 aromatic rings. The Bertz CT molecular complexity index is 641. The number of nitrogens with one attached hydrogen (secondary N) is 2. The number of benzene rings is 1. The van der Waals surface area contributed by atoms with Crippen molar-refractivity contribution in [1.82, 2.24) is 10.6 Å². The molecule has 2 rings (SSSR count). The maximum Gasteiger partial charge on any atom is 0.307 e. The average Bonchev–Trinajstić information content (AvgIpc) is 2.66. The topological polar surface area (TPSA) is 85.9 Å². The molecule has 0 aromatic heterocycles. The van der Waals surface area contributed by atoms with Crippen LogP contribution in [-0.2, 0) is 14.3 Å². The first-order valence-electron chi connectivity index (χ1n) is 8.81. The number of hydrogen-bond acceptors (Lipinski definition) is 6. The van der Waals surface area contributed by atoms with E-state index in [2.05, 4.69) is 17.6 Å². The minimum atomic E-state index is -0.486. The van der Waals surface area contributed by atoms with Crippen LogP contribution in [0.1, 0.15) is 37.8 Å². The molecule has 1 aliphatic rings. The highest BCUT2D eigenvalue weighted by molar-refractivity contribution is 5.85. The molecule has 1 fully saturated rings. The van der Waals surface area contributed by atoms with E-state index in [1.165, 1.54) is 7.11 Å². The first kappa shape index (κ1) is 23.0. The van der Waals surface area contributed by atoms with Crippen molar-refractivity contribution >= 4 is 24.3 Å². The van der Waals surface area contributed by atoms with E-state index in [9.17, 15) is 9.59 Å². The Hall–Kier alpha value is -1.99. The third-order valence-corrected chi connectivity index (χ3v) is 4.72. The molecule has 1 heterocycles. The van der Waals surface area contributed by atoms with Gasteiger partial charge in [-0.1, -0.05) is 6.07 Å². The molecule has 7 nitrogen and oxygen atoms in total. The molecular weight excluding hydrogens is 372 g/mol. The minimum absolute atomic E-state index is 0. The molecule has 8 heteroatoms. The van der Waals surface area contributed by atoms with Crippen LogP contribution in [0, 0.1) is 5.92 Å². The zero-order chi connectivity index (χ0) is 19.1. The lowest BCUT2D eigenvalue weighted by Gasteiger charge is -2.29. The van der Waals surface area contributed by atoms with Crippen LogP contribution >= 0.6 is 12.4 Å². The number of hydrogen-bond donors (Lipinski definition) is 2. The summed E-state index contributed by atoms with van der Waals surface area (Å²) in [6.45, 7) is 2.89. The van der Waals surface area contributed by atoms with E-state index in [0.29, 0.717) is 17.5 Å². The normalized spacial score (nSPS) is 20.0. The lowest BCUT2D eigenvalue weighted by Crippen LogP contribution is -2.43. The van der Waals surface area contributed by atoms with Crippen LogP contribution in [0.4, 0.5) is 0 Å². The molecule has 1 aromatic carbocycles. The first-order valence-corrected chi connectivity index (χ1v) is 8.81. The molecule has 0 radical (unpaired) electrons. The van der Waals surface area contributed by atoms with Crippen molar-refractivity contribution in [3.8, 4) is 11.5 Å². The summed E-state index contributed by atoms with van der Waals surface area (Å²) >= 11 is 0. The standard InChI is InChI=1S/C19H28N2O5.ClH/c1-12-9-14(7-8-20-12)19(23)21-15(11-18(22)26-4)13-5-6-16(24-2)17(10-13)25-3;/h5-6,10,12,14-15,20H,7-9,11H2,1-4H3,(H,21,23);1H/t12-,14-,15?;/m0./s1. The number of halogens is 1. The second-order valence-corrected chi connectivity index (χ2v) is 6.53. The zero-order valence-corrected chi connectivity index (χ0v) is 17.1. The van der Waals surface area contributed by atoms with Gasteiger partial charge in [-0.3, -0.25) is 9.59 Å². The smallest absolute Gasteiger partial charge is 0.307 e. The number of amides is 1. The maximum atomic E-state index is 12.7. The third kappa shape index (κ3) is 6.29. The Morgan fingerprint density at radius 2 is 1.93 bits per heavy atom. The number of piperidine rings is 1. The Morgan fingerprint density at radius 3 is 2.52 bits per heavy atom. The quantitative estimate of drug-likeness (QED) is 0.682. The number of ether oxygens (including phenoxy) is 3. The van der Waals surface area contributed by atoms with E-state index in [4.69, 9.17) is 14.2 Å². The predicted molar refractivity (Wildman–Crippen MR) is 104 cm³/mol. The Labute approximate surface area is 166 Å². The number of carbonyl (C=O) groups excluding carboxylic acids is 2. The number of methoxy groups -OCH3 is 3. The fourth-order valence-electron chi connectivity index (χ4n) is 3.23. The van der Waals surface area contributed by atoms with Crippen molar-refractivity contribution in [2.24, 2.45) is 5.92 Å². The summed E-state index contributed by atoms with van der Waals surface area (Å²) in [7, 11) is 4.44. The fourth-order valence-corrected chi connectivity index (χ4v) is 3.23. The molecule has 1 saturated heterocycles. The fraction of sp³-hybridized carbons (Fsp3) is 0.579. The van der Waals surface area contributed by atoms with E-state index in [0.717, 1.165) is 24.9 Å². The van der Waals surface area contributed by atoms with Gasteiger partial charge in [-0.05, 0) is 44.0 Å². The molecule has 0 spiro atoms. The SMILES string of the molecule is COC(=O)CC(NC(=O)[C@H]1CCN[C@@H](C)C1)c1ccc(OC)c(OC)c1.Cl. The van der Waals surface area contributed by atoms with E-state index in [1.54, 1.807) is 26.4 Å². The molecule has 152 valence electrons. The molecule has 0 saturated carbocycles. The summed E-state index contributed by atoms with van der Waals surface area (Å²) in [6, 6.07) is 5.18. The monoisotopic (exact) mass is 400 g/mol. The van der Waals surface area contributed by atoms with Crippen LogP contribution in [-0.4, -0.2) is 45.8 Å². The number of carbonyl (C=O) groups is 2. The summed E-state index contributed by atoms with van der Waals surface area (Å²) in [6.07, 6.45) is 1.62. The molecule has 2 N–H and O–H groups in total. The summed E-state index contributed by atoms with van der Waals surface area (Å²) in [5, 5.41) is 6.35. The lowest BCUT2D eigenvalue weighted by molar-refractivity contribution is -0.141. The molecule has 1 amide bonds. The number of rotatable bonds is 7. The molecule has 1 aliphatic heterocycles. The molecule has 3 atom stereocenters. The van der Waals surface area contributed by atoms with E-state index >= 15 is 0 Å². The highest BCUT2D eigenvalue weighted by Gasteiger charge is 2.28. The van der Waals surface area contributed by atoms with Crippen LogP contribution in [0.25, 0.3) is 0 Å². The third-order valence-electron chi connectivity index (χ3n) is 4.72.